The Balaban J connectivity index is 1.91. The molecule has 0 aliphatic carbocycles. The topological polar surface area (TPSA) is 58.6 Å². The van der Waals surface area contributed by atoms with Gasteiger partial charge in [0.05, 0.1) is 17.1 Å². The lowest BCUT2D eigenvalue weighted by Gasteiger charge is -2.37. The maximum atomic E-state index is 12.8. The Kier molecular flexibility index (Phi) is 3.71. The molecule has 0 amide bonds. The van der Waals surface area contributed by atoms with Gasteiger partial charge in [0.15, 0.2) is 0 Å². The minimum absolute atomic E-state index is 0.369. The number of hydrogen-bond donors (Lipinski definition) is 1. The van der Waals surface area contributed by atoms with E-state index < -0.39 is 15.6 Å². The van der Waals surface area contributed by atoms with Crippen LogP contribution in [0.2, 0.25) is 0 Å². The van der Waals surface area contributed by atoms with Crippen LogP contribution in [0.3, 0.4) is 0 Å². The molecule has 0 saturated carbocycles. The third-order valence-corrected chi connectivity index (χ3v) is 5.89. The van der Waals surface area contributed by atoms with Crippen molar-refractivity contribution < 1.29 is 13.2 Å². The molecule has 0 unspecified atom stereocenters. The van der Waals surface area contributed by atoms with E-state index in [1.54, 1.807) is 12.1 Å². The minimum atomic E-state index is -3.45. The van der Waals surface area contributed by atoms with Crippen LogP contribution < -0.4 is 5.32 Å². The highest BCUT2D eigenvalue weighted by Gasteiger charge is 2.35. The molecule has 1 aromatic rings. The molecule has 1 saturated heterocycles. The van der Waals surface area contributed by atoms with Crippen LogP contribution in [0.15, 0.2) is 23.1 Å². The summed E-state index contributed by atoms with van der Waals surface area (Å²) in [7, 11) is -3.45. The van der Waals surface area contributed by atoms with E-state index in [2.05, 4.69) is 5.32 Å². The number of rotatable bonds is 2. The number of sulfonamides is 1. The maximum absolute atomic E-state index is 12.8. The Morgan fingerprint density at radius 1 is 1.33 bits per heavy atom. The predicted octanol–water partition coefficient (Wildman–Crippen LogP) is 1.84. The molecule has 0 aromatic heterocycles. The molecule has 21 heavy (non-hydrogen) atoms. The third kappa shape index (κ3) is 2.93. The molecule has 5 nitrogen and oxygen atoms in total. The summed E-state index contributed by atoms with van der Waals surface area (Å²) in [6.45, 7) is 5.98. The predicted molar refractivity (Wildman–Crippen MR) is 82.0 cm³/mol. The number of benzene rings is 1. The van der Waals surface area contributed by atoms with Crippen LogP contribution in [0.4, 0.5) is 5.69 Å². The largest absolute Gasteiger partial charge is 0.385 e. The normalized spacial score (nSPS) is 22.4. The number of ether oxygens (including phenoxy) is 1. The summed E-state index contributed by atoms with van der Waals surface area (Å²) in [5.74, 6) is 0. The zero-order chi connectivity index (χ0) is 15.1. The van der Waals surface area contributed by atoms with Crippen molar-refractivity contribution in [3.63, 3.8) is 0 Å². The van der Waals surface area contributed by atoms with Crippen LogP contribution in [0.1, 0.15) is 25.8 Å². The molecule has 0 bridgehead atoms. The van der Waals surface area contributed by atoms with Gasteiger partial charge in [0.2, 0.25) is 10.0 Å². The second-order valence-electron chi connectivity index (χ2n) is 6.30. The highest BCUT2D eigenvalue weighted by molar-refractivity contribution is 7.89. The number of nitrogens with one attached hydrogen (secondary N) is 1. The maximum Gasteiger partial charge on any atom is 0.243 e. The SMILES string of the molecule is CC1(C)CN(S(=O)(=O)c2ccc3c(c2)NCCC3)CCO1. The van der Waals surface area contributed by atoms with Crippen LogP contribution in [-0.2, 0) is 21.2 Å². The van der Waals surface area contributed by atoms with E-state index in [1.807, 2.05) is 19.9 Å². The second-order valence-corrected chi connectivity index (χ2v) is 8.23. The van der Waals surface area contributed by atoms with Gasteiger partial charge in [-0.3, -0.25) is 0 Å². The Morgan fingerprint density at radius 3 is 2.90 bits per heavy atom. The van der Waals surface area contributed by atoms with Gasteiger partial charge < -0.3 is 10.1 Å². The molecular weight excluding hydrogens is 288 g/mol. The molecule has 2 aliphatic heterocycles. The van der Waals surface area contributed by atoms with Crippen LogP contribution in [0, 0.1) is 0 Å². The Bertz CT molecular complexity index is 640. The molecule has 1 N–H and O–H groups in total. The van der Waals surface area contributed by atoms with Crippen molar-refractivity contribution in [2.24, 2.45) is 0 Å². The Morgan fingerprint density at radius 2 is 2.14 bits per heavy atom. The number of nitrogens with zero attached hydrogens (tertiary/aromatic N) is 1. The summed E-state index contributed by atoms with van der Waals surface area (Å²) in [5.41, 5.74) is 1.72. The quantitative estimate of drug-likeness (QED) is 0.905. The van der Waals surface area contributed by atoms with Gasteiger partial charge in [-0.15, -0.1) is 0 Å². The van der Waals surface area contributed by atoms with E-state index in [-0.39, 0.29) is 0 Å². The van der Waals surface area contributed by atoms with Gasteiger partial charge in [-0.05, 0) is 44.4 Å². The van der Waals surface area contributed by atoms with Crippen LogP contribution in [0.5, 0.6) is 0 Å². The van der Waals surface area contributed by atoms with E-state index in [0.29, 0.717) is 24.6 Å². The average Bonchev–Trinajstić information content (AvgIpc) is 2.45. The highest BCUT2D eigenvalue weighted by atomic mass is 32.2. The summed E-state index contributed by atoms with van der Waals surface area (Å²) in [4.78, 5) is 0.369. The van der Waals surface area contributed by atoms with Gasteiger partial charge in [-0.2, -0.15) is 4.31 Å². The van der Waals surface area contributed by atoms with E-state index in [9.17, 15) is 8.42 Å². The molecule has 1 fully saturated rings. The fraction of sp³-hybridized carbons (Fsp3) is 0.600. The van der Waals surface area contributed by atoms with Gasteiger partial charge >= 0.3 is 0 Å². The lowest BCUT2D eigenvalue weighted by molar-refractivity contribution is -0.0640. The van der Waals surface area contributed by atoms with E-state index in [4.69, 9.17) is 4.74 Å². The first kappa shape index (κ1) is 14.8. The monoisotopic (exact) mass is 310 g/mol. The molecule has 2 heterocycles. The fourth-order valence-corrected chi connectivity index (χ4v) is 4.53. The summed E-state index contributed by atoms with van der Waals surface area (Å²) >= 11 is 0. The molecule has 2 aliphatic rings. The molecular formula is C15H22N2O3S. The van der Waals surface area contributed by atoms with E-state index in [1.165, 1.54) is 9.87 Å². The van der Waals surface area contributed by atoms with Crippen molar-refractivity contribution in [2.45, 2.75) is 37.2 Å². The molecule has 0 radical (unpaired) electrons. The third-order valence-electron chi connectivity index (χ3n) is 4.05. The summed E-state index contributed by atoms with van der Waals surface area (Å²) in [5, 5.41) is 3.29. The Labute approximate surface area is 126 Å². The van der Waals surface area contributed by atoms with Gasteiger partial charge in [-0.1, -0.05) is 6.07 Å². The van der Waals surface area contributed by atoms with E-state index in [0.717, 1.165) is 25.1 Å². The van der Waals surface area contributed by atoms with Crippen molar-refractivity contribution >= 4 is 15.7 Å². The molecule has 1 aromatic carbocycles. The first-order chi connectivity index (χ1) is 9.88. The zero-order valence-corrected chi connectivity index (χ0v) is 13.4. The van der Waals surface area contributed by atoms with Crippen molar-refractivity contribution in [3.05, 3.63) is 23.8 Å². The lowest BCUT2D eigenvalue weighted by atomic mass is 10.0. The standard InChI is InChI=1S/C15H22N2O3S/c1-15(2)11-17(8-9-20-15)21(18,19)13-6-5-12-4-3-7-16-14(12)10-13/h5-6,10,16H,3-4,7-9,11H2,1-2H3. The molecule has 116 valence electrons. The molecule has 6 heteroatoms. The number of morpholine rings is 1. The fourth-order valence-electron chi connectivity index (χ4n) is 2.93. The summed E-state index contributed by atoms with van der Waals surface area (Å²) in [6, 6.07) is 5.43. The number of anilines is 1. The molecule has 3 rings (SSSR count). The lowest BCUT2D eigenvalue weighted by Crippen LogP contribution is -2.50. The molecule has 0 spiro atoms. The second kappa shape index (κ2) is 5.26. The van der Waals surface area contributed by atoms with Crippen molar-refractivity contribution in [2.75, 3.05) is 31.6 Å². The first-order valence-corrected chi connectivity index (χ1v) is 8.83. The van der Waals surface area contributed by atoms with E-state index >= 15 is 0 Å². The Hall–Kier alpha value is -1.11. The minimum Gasteiger partial charge on any atom is -0.385 e. The zero-order valence-electron chi connectivity index (χ0n) is 12.6. The number of fused-ring (bicyclic) bond motifs is 1. The van der Waals surface area contributed by atoms with Gasteiger partial charge in [-0.25, -0.2) is 8.42 Å². The summed E-state index contributed by atoms with van der Waals surface area (Å²) in [6.07, 6.45) is 2.10. The van der Waals surface area contributed by atoms with Crippen LogP contribution >= 0.6 is 0 Å². The van der Waals surface area contributed by atoms with Crippen LogP contribution in [-0.4, -0.2) is 44.6 Å². The number of aryl methyl sites for hydroxylation is 1. The number of hydrogen-bond acceptors (Lipinski definition) is 4. The molecule has 0 atom stereocenters. The smallest absolute Gasteiger partial charge is 0.243 e. The van der Waals surface area contributed by atoms with Crippen molar-refractivity contribution in [1.29, 1.82) is 0 Å². The van der Waals surface area contributed by atoms with Gasteiger partial charge in [0.25, 0.3) is 0 Å². The highest BCUT2D eigenvalue weighted by Crippen LogP contribution is 2.28. The summed E-state index contributed by atoms with van der Waals surface area (Å²) < 4.78 is 32.7. The van der Waals surface area contributed by atoms with Gasteiger partial charge in [0, 0.05) is 25.3 Å². The van der Waals surface area contributed by atoms with Crippen molar-refractivity contribution in [3.8, 4) is 0 Å². The first-order valence-electron chi connectivity index (χ1n) is 7.39. The van der Waals surface area contributed by atoms with Crippen molar-refractivity contribution in [1.82, 2.24) is 4.31 Å². The van der Waals surface area contributed by atoms with Gasteiger partial charge in [0.1, 0.15) is 0 Å². The average molecular weight is 310 g/mol. The van der Waals surface area contributed by atoms with Crippen LogP contribution in [0.25, 0.3) is 0 Å².